The van der Waals surface area contributed by atoms with Crippen LogP contribution in [0.25, 0.3) is 0 Å². The van der Waals surface area contributed by atoms with Crippen molar-refractivity contribution in [3.05, 3.63) is 24.0 Å². The first-order valence-electron chi connectivity index (χ1n) is 6.33. The largest absolute Gasteiger partial charge is 0.381 e. The zero-order chi connectivity index (χ0) is 13.0. The summed E-state index contributed by atoms with van der Waals surface area (Å²) >= 11 is 0. The summed E-state index contributed by atoms with van der Waals surface area (Å²) in [5.41, 5.74) is 6.46. The van der Waals surface area contributed by atoms with E-state index in [4.69, 9.17) is 10.5 Å². The van der Waals surface area contributed by atoms with Crippen molar-refractivity contribution in [3.63, 3.8) is 0 Å². The minimum Gasteiger partial charge on any atom is -0.381 e. The second-order valence-corrected chi connectivity index (χ2v) is 4.96. The van der Waals surface area contributed by atoms with Crippen molar-refractivity contribution in [2.45, 2.75) is 19.4 Å². The van der Waals surface area contributed by atoms with Crippen LogP contribution in [0, 0.1) is 5.41 Å². The molecule has 0 unspecified atom stereocenters. The van der Waals surface area contributed by atoms with Gasteiger partial charge >= 0.3 is 0 Å². The van der Waals surface area contributed by atoms with Gasteiger partial charge in [-0.25, -0.2) is 0 Å². The molecule has 1 aliphatic rings. The standard InChI is InChI=1S/C13H21N3O2/c1-16-5-2-11(9-16)8-15-12(17)13(10-14)3-6-18-7-4-13/h2,5,9H,3-4,6-8,10,14H2,1H3,(H,15,17). The van der Waals surface area contributed by atoms with Crippen molar-refractivity contribution >= 4 is 5.91 Å². The van der Waals surface area contributed by atoms with E-state index in [0.29, 0.717) is 39.1 Å². The van der Waals surface area contributed by atoms with E-state index in [1.807, 2.05) is 30.1 Å². The summed E-state index contributed by atoms with van der Waals surface area (Å²) in [5.74, 6) is 0.0529. The normalized spacial score (nSPS) is 18.6. The van der Waals surface area contributed by atoms with Crippen LogP contribution in [0.15, 0.2) is 18.5 Å². The fourth-order valence-corrected chi connectivity index (χ4v) is 2.32. The second-order valence-electron chi connectivity index (χ2n) is 4.96. The lowest BCUT2D eigenvalue weighted by molar-refractivity contribution is -0.136. The fourth-order valence-electron chi connectivity index (χ4n) is 2.32. The molecule has 5 heteroatoms. The summed E-state index contributed by atoms with van der Waals surface area (Å²) in [6, 6.07) is 2.00. The third-order valence-electron chi connectivity index (χ3n) is 3.67. The number of hydrogen-bond acceptors (Lipinski definition) is 3. The van der Waals surface area contributed by atoms with Crippen LogP contribution in [-0.2, 0) is 23.1 Å². The molecule has 3 N–H and O–H groups in total. The third kappa shape index (κ3) is 2.73. The molecule has 0 aliphatic carbocycles. The van der Waals surface area contributed by atoms with E-state index in [-0.39, 0.29) is 5.91 Å². The molecular formula is C13H21N3O2. The first-order valence-corrected chi connectivity index (χ1v) is 6.33. The molecule has 100 valence electrons. The van der Waals surface area contributed by atoms with Gasteiger partial charge < -0.3 is 20.4 Å². The molecule has 1 aromatic heterocycles. The number of aryl methyl sites for hydroxylation is 1. The smallest absolute Gasteiger partial charge is 0.227 e. The molecule has 1 fully saturated rings. The summed E-state index contributed by atoms with van der Waals surface area (Å²) in [7, 11) is 1.96. The molecule has 0 aromatic carbocycles. The molecule has 5 nitrogen and oxygen atoms in total. The van der Waals surface area contributed by atoms with Crippen LogP contribution in [-0.4, -0.2) is 30.2 Å². The maximum Gasteiger partial charge on any atom is 0.227 e. The molecule has 0 spiro atoms. The molecule has 1 aliphatic heterocycles. The highest BCUT2D eigenvalue weighted by molar-refractivity contribution is 5.83. The Morgan fingerprint density at radius 2 is 2.28 bits per heavy atom. The lowest BCUT2D eigenvalue weighted by Crippen LogP contribution is -2.48. The van der Waals surface area contributed by atoms with Crippen LogP contribution in [0.1, 0.15) is 18.4 Å². The quantitative estimate of drug-likeness (QED) is 0.813. The summed E-state index contributed by atoms with van der Waals surface area (Å²) in [4.78, 5) is 12.3. The molecule has 0 radical (unpaired) electrons. The Kier molecular flexibility index (Phi) is 4.04. The van der Waals surface area contributed by atoms with Crippen molar-refractivity contribution in [3.8, 4) is 0 Å². The number of hydrogen-bond donors (Lipinski definition) is 2. The Morgan fingerprint density at radius 3 is 2.83 bits per heavy atom. The van der Waals surface area contributed by atoms with Crippen LogP contribution in [0.3, 0.4) is 0 Å². The van der Waals surface area contributed by atoms with E-state index in [1.54, 1.807) is 0 Å². The maximum absolute atomic E-state index is 12.3. The highest BCUT2D eigenvalue weighted by Gasteiger charge is 2.38. The Morgan fingerprint density at radius 1 is 1.56 bits per heavy atom. The van der Waals surface area contributed by atoms with Crippen LogP contribution in [0.2, 0.25) is 0 Å². The highest BCUT2D eigenvalue weighted by atomic mass is 16.5. The van der Waals surface area contributed by atoms with Gasteiger partial charge in [-0.15, -0.1) is 0 Å². The van der Waals surface area contributed by atoms with E-state index in [9.17, 15) is 4.79 Å². The van der Waals surface area contributed by atoms with Gasteiger partial charge in [-0.3, -0.25) is 4.79 Å². The van der Waals surface area contributed by atoms with Crippen molar-refractivity contribution in [1.82, 2.24) is 9.88 Å². The molecule has 0 bridgehead atoms. The molecule has 2 rings (SSSR count). The Labute approximate surface area is 107 Å². The van der Waals surface area contributed by atoms with Crippen molar-refractivity contribution in [2.75, 3.05) is 19.8 Å². The first-order chi connectivity index (χ1) is 8.66. The second kappa shape index (κ2) is 5.54. The lowest BCUT2D eigenvalue weighted by atomic mass is 9.79. The average molecular weight is 251 g/mol. The minimum absolute atomic E-state index is 0.0529. The van der Waals surface area contributed by atoms with Gasteiger partial charge in [0, 0.05) is 45.7 Å². The summed E-state index contributed by atoms with van der Waals surface area (Å²) in [5, 5.41) is 2.99. The van der Waals surface area contributed by atoms with Gasteiger partial charge in [0.15, 0.2) is 0 Å². The van der Waals surface area contributed by atoms with E-state index in [2.05, 4.69) is 5.32 Å². The van der Waals surface area contributed by atoms with E-state index in [1.165, 1.54) is 0 Å². The number of ether oxygens (including phenoxy) is 1. The summed E-state index contributed by atoms with van der Waals surface area (Å²) in [6.07, 6.45) is 5.39. The molecule has 1 aromatic rings. The number of aromatic nitrogens is 1. The third-order valence-corrected chi connectivity index (χ3v) is 3.67. The van der Waals surface area contributed by atoms with Gasteiger partial charge in [-0.05, 0) is 24.5 Å². The first kappa shape index (κ1) is 13.1. The van der Waals surface area contributed by atoms with Gasteiger partial charge in [0.25, 0.3) is 0 Å². The lowest BCUT2D eigenvalue weighted by Gasteiger charge is -2.34. The maximum atomic E-state index is 12.3. The Balaban J connectivity index is 1.93. The zero-order valence-electron chi connectivity index (χ0n) is 10.8. The molecule has 18 heavy (non-hydrogen) atoms. The predicted molar refractivity (Wildman–Crippen MR) is 68.8 cm³/mol. The van der Waals surface area contributed by atoms with Crippen molar-refractivity contribution in [2.24, 2.45) is 18.2 Å². The number of nitrogens with zero attached hydrogens (tertiary/aromatic N) is 1. The van der Waals surface area contributed by atoms with Crippen LogP contribution < -0.4 is 11.1 Å². The molecule has 0 saturated carbocycles. The van der Waals surface area contributed by atoms with Gasteiger partial charge in [0.05, 0.1) is 5.41 Å². The van der Waals surface area contributed by atoms with Gasteiger partial charge in [0.2, 0.25) is 5.91 Å². The van der Waals surface area contributed by atoms with E-state index in [0.717, 1.165) is 5.56 Å². The topological polar surface area (TPSA) is 69.3 Å². The van der Waals surface area contributed by atoms with E-state index < -0.39 is 5.41 Å². The van der Waals surface area contributed by atoms with Crippen LogP contribution in [0.4, 0.5) is 0 Å². The summed E-state index contributed by atoms with van der Waals surface area (Å²) < 4.78 is 7.27. The van der Waals surface area contributed by atoms with Gasteiger partial charge in [-0.2, -0.15) is 0 Å². The monoisotopic (exact) mass is 251 g/mol. The molecule has 2 heterocycles. The Bertz CT molecular complexity index is 408. The number of nitrogens with one attached hydrogen (secondary N) is 1. The van der Waals surface area contributed by atoms with Crippen molar-refractivity contribution in [1.29, 1.82) is 0 Å². The van der Waals surface area contributed by atoms with E-state index >= 15 is 0 Å². The zero-order valence-corrected chi connectivity index (χ0v) is 10.8. The molecular weight excluding hydrogens is 230 g/mol. The molecule has 0 atom stereocenters. The molecule has 1 amide bonds. The van der Waals surface area contributed by atoms with Gasteiger partial charge in [-0.1, -0.05) is 0 Å². The number of rotatable bonds is 4. The number of carbonyl (C=O) groups excluding carboxylic acids is 1. The Hall–Kier alpha value is -1.33. The summed E-state index contributed by atoms with van der Waals surface area (Å²) in [6.45, 7) is 2.19. The number of carbonyl (C=O) groups is 1. The average Bonchev–Trinajstić information content (AvgIpc) is 2.82. The number of nitrogens with two attached hydrogens (primary N) is 1. The van der Waals surface area contributed by atoms with Crippen LogP contribution >= 0.6 is 0 Å². The predicted octanol–water partition coefficient (Wildman–Crippen LogP) is 0.397. The number of amides is 1. The van der Waals surface area contributed by atoms with Gasteiger partial charge in [0.1, 0.15) is 0 Å². The SMILES string of the molecule is Cn1ccc(CNC(=O)C2(CN)CCOCC2)c1. The van der Waals surface area contributed by atoms with Crippen molar-refractivity contribution < 1.29 is 9.53 Å². The minimum atomic E-state index is -0.437. The fraction of sp³-hybridized carbons (Fsp3) is 0.615. The molecule has 1 saturated heterocycles. The highest BCUT2D eigenvalue weighted by Crippen LogP contribution is 2.29. The van der Waals surface area contributed by atoms with Crippen LogP contribution in [0.5, 0.6) is 0 Å².